The first-order valence-electron chi connectivity index (χ1n) is 8.11. The summed E-state index contributed by atoms with van der Waals surface area (Å²) >= 11 is 0. The van der Waals surface area contributed by atoms with Crippen LogP contribution >= 0.6 is 24.0 Å². The third-order valence-electron chi connectivity index (χ3n) is 3.40. The normalized spacial score (nSPS) is 12.7. The minimum atomic E-state index is 0. The molecule has 23 heavy (non-hydrogen) atoms. The summed E-state index contributed by atoms with van der Waals surface area (Å²) in [4.78, 5) is 4.24. The van der Waals surface area contributed by atoms with Crippen LogP contribution in [-0.2, 0) is 4.74 Å². The van der Waals surface area contributed by atoms with E-state index in [4.69, 9.17) is 4.74 Å². The Labute approximate surface area is 158 Å². The van der Waals surface area contributed by atoms with E-state index >= 15 is 0 Å². The molecule has 0 aliphatic heterocycles. The largest absolute Gasteiger partial charge is 0.379 e. The number of nitrogens with zero attached hydrogens (tertiary/aromatic N) is 1. The minimum absolute atomic E-state index is 0. The van der Waals surface area contributed by atoms with Gasteiger partial charge in [-0.2, -0.15) is 0 Å². The molecule has 0 heterocycles. The molecule has 1 unspecified atom stereocenters. The molecule has 0 fully saturated rings. The van der Waals surface area contributed by atoms with Crippen LogP contribution in [0.25, 0.3) is 0 Å². The molecule has 5 heteroatoms. The Morgan fingerprint density at radius 1 is 1.22 bits per heavy atom. The van der Waals surface area contributed by atoms with Gasteiger partial charge in [0.2, 0.25) is 0 Å². The Balaban J connectivity index is 0.00000484. The van der Waals surface area contributed by atoms with Crippen molar-refractivity contribution in [1.82, 2.24) is 10.6 Å². The maximum Gasteiger partial charge on any atom is 0.191 e. The zero-order valence-corrected chi connectivity index (χ0v) is 17.4. The number of halogens is 1. The van der Waals surface area contributed by atoms with Crippen LogP contribution in [0.2, 0.25) is 0 Å². The molecule has 1 rings (SSSR count). The Hall–Kier alpha value is -0.820. The van der Waals surface area contributed by atoms with Crippen molar-refractivity contribution in [1.29, 1.82) is 0 Å². The molecule has 0 saturated carbocycles. The van der Waals surface area contributed by atoms with Gasteiger partial charge in [0, 0.05) is 26.7 Å². The van der Waals surface area contributed by atoms with Crippen LogP contribution in [0, 0.1) is 12.8 Å². The molecule has 2 N–H and O–H groups in total. The Bertz CT molecular complexity index is 463. The van der Waals surface area contributed by atoms with Crippen LogP contribution in [0.5, 0.6) is 0 Å². The number of aliphatic imine (C=N–C) groups is 1. The van der Waals surface area contributed by atoms with Crippen LogP contribution in [0.3, 0.4) is 0 Å². The topological polar surface area (TPSA) is 45.7 Å². The molecule has 0 amide bonds. The Kier molecular flexibility index (Phi) is 12.1. The monoisotopic (exact) mass is 433 g/mol. The van der Waals surface area contributed by atoms with E-state index in [9.17, 15) is 0 Å². The molecule has 1 atom stereocenters. The number of rotatable bonds is 8. The highest BCUT2D eigenvalue weighted by atomic mass is 127. The van der Waals surface area contributed by atoms with E-state index in [1.165, 1.54) is 11.1 Å². The number of guanidine groups is 1. The number of hydrogen-bond acceptors (Lipinski definition) is 2. The molecular formula is C18H32IN3O. The van der Waals surface area contributed by atoms with E-state index in [0.29, 0.717) is 18.4 Å². The summed E-state index contributed by atoms with van der Waals surface area (Å²) in [6.45, 7) is 11.8. The smallest absolute Gasteiger partial charge is 0.191 e. The second-order valence-electron chi connectivity index (χ2n) is 6.16. The van der Waals surface area contributed by atoms with Crippen molar-refractivity contribution >= 4 is 29.9 Å². The van der Waals surface area contributed by atoms with Crippen molar-refractivity contribution in [2.75, 3.05) is 33.4 Å². The summed E-state index contributed by atoms with van der Waals surface area (Å²) in [6.07, 6.45) is 0. The first-order chi connectivity index (χ1) is 10.5. The standard InChI is InChI=1S/C18H31N3O.HI/c1-14(2)13-22-10-9-20-18(19-5)21-12-16(4)17-8-6-7-15(3)11-17;/h6-8,11,14,16H,9-10,12-13H2,1-5H3,(H2,19,20,21);1H. The first kappa shape index (κ1) is 22.2. The van der Waals surface area contributed by atoms with Gasteiger partial charge in [-0.15, -0.1) is 24.0 Å². The van der Waals surface area contributed by atoms with Gasteiger partial charge in [-0.3, -0.25) is 4.99 Å². The number of nitrogens with one attached hydrogen (secondary N) is 2. The predicted octanol–water partition coefficient (Wildman–Crippen LogP) is 3.55. The summed E-state index contributed by atoms with van der Waals surface area (Å²) in [5, 5.41) is 6.65. The van der Waals surface area contributed by atoms with Crippen molar-refractivity contribution < 1.29 is 4.74 Å². The molecule has 0 aliphatic carbocycles. The third kappa shape index (κ3) is 9.81. The molecule has 132 valence electrons. The van der Waals surface area contributed by atoms with Gasteiger partial charge in [0.15, 0.2) is 5.96 Å². The second-order valence-corrected chi connectivity index (χ2v) is 6.16. The Morgan fingerprint density at radius 2 is 1.96 bits per heavy atom. The van der Waals surface area contributed by atoms with Gasteiger partial charge in [0.05, 0.1) is 6.61 Å². The van der Waals surface area contributed by atoms with Gasteiger partial charge in [-0.05, 0) is 24.3 Å². The molecule has 0 aliphatic rings. The summed E-state index contributed by atoms with van der Waals surface area (Å²) in [5.74, 6) is 1.84. The molecule has 0 aromatic heterocycles. The number of hydrogen-bond donors (Lipinski definition) is 2. The van der Waals surface area contributed by atoms with Crippen LogP contribution in [0.1, 0.15) is 37.8 Å². The van der Waals surface area contributed by atoms with Crippen molar-refractivity contribution in [3.63, 3.8) is 0 Å². The van der Waals surface area contributed by atoms with E-state index in [2.05, 4.69) is 67.6 Å². The maximum absolute atomic E-state index is 5.55. The number of aryl methyl sites for hydroxylation is 1. The van der Waals surface area contributed by atoms with E-state index in [-0.39, 0.29) is 24.0 Å². The second kappa shape index (κ2) is 12.6. The fourth-order valence-electron chi connectivity index (χ4n) is 2.13. The van der Waals surface area contributed by atoms with Crippen molar-refractivity contribution in [3.8, 4) is 0 Å². The van der Waals surface area contributed by atoms with Crippen LogP contribution in [0.4, 0.5) is 0 Å². The lowest BCUT2D eigenvalue weighted by Gasteiger charge is -2.17. The van der Waals surface area contributed by atoms with E-state index in [1.54, 1.807) is 7.05 Å². The summed E-state index contributed by atoms with van der Waals surface area (Å²) < 4.78 is 5.55. The zero-order valence-electron chi connectivity index (χ0n) is 15.1. The molecule has 0 spiro atoms. The van der Waals surface area contributed by atoms with Gasteiger partial charge >= 0.3 is 0 Å². The summed E-state index contributed by atoms with van der Waals surface area (Å²) in [5.41, 5.74) is 2.65. The van der Waals surface area contributed by atoms with Crippen LogP contribution in [0.15, 0.2) is 29.3 Å². The highest BCUT2D eigenvalue weighted by molar-refractivity contribution is 14.0. The lowest BCUT2D eigenvalue weighted by molar-refractivity contribution is 0.114. The highest BCUT2D eigenvalue weighted by Crippen LogP contribution is 2.15. The van der Waals surface area contributed by atoms with Gasteiger partial charge in [0.25, 0.3) is 0 Å². The number of benzene rings is 1. The first-order valence-corrected chi connectivity index (χ1v) is 8.11. The van der Waals surface area contributed by atoms with E-state index < -0.39 is 0 Å². The highest BCUT2D eigenvalue weighted by Gasteiger charge is 2.06. The molecule has 1 aromatic rings. The van der Waals surface area contributed by atoms with Gasteiger partial charge in [-0.25, -0.2) is 0 Å². The SMILES string of the molecule is CN=C(NCCOCC(C)C)NCC(C)c1cccc(C)c1.I. The summed E-state index contributed by atoms with van der Waals surface area (Å²) in [6, 6.07) is 8.65. The van der Waals surface area contributed by atoms with E-state index in [0.717, 1.165) is 25.7 Å². The fourth-order valence-corrected chi connectivity index (χ4v) is 2.13. The molecule has 0 saturated heterocycles. The number of ether oxygens (including phenoxy) is 1. The van der Waals surface area contributed by atoms with Crippen molar-refractivity contribution in [2.24, 2.45) is 10.9 Å². The molecule has 4 nitrogen and oxygen atoms in total. The lowest BCUT2D eigenvalue weighted by Crippen LogP contribution is -2.40. The van der Waals surface area contributed by atoms with Crippen molar-refractivity contribution in [3.05, 3.63) is 35.4 Å². The maximum atomic E-state index is 5.55. The van der Waals surface area contributed by atoms with Gasteiger partial charge in [0.1, 0.15) is 0 Å². The van der Waals surface area contributed by atoms with Crippen LogP contribution in [-0.4, -0.2) is 39.3 Å². The van der Waals surface area contributed by atoms with Crippen LogP contribution < -0.4 is 10.6 Å². The summed E-state index contributed by atoms with van der Waals surface area (Å²) in [7, 11) is 1.79. The average molecular weight is 433 g/mol. The minimum Gasteiger partial charge on any atom is -0.379 e. The third-order valence-corrected chi connectivity index (χ3v) is 3.40. The van der Waals surface area contributed by atoms with Gasteiger partial charge < -0.3 is 15.4 Å². The average Bonchev–Trinajstić information content (AvgIpc) is 2.49. The molecular weight excluding hydrogens is 401 g/mol. The van der Waals surface area contributed by atoms with E-state index in [1.807, 2.05) is 0 Å². The molecule has 1 aromatic carbocycles. The quantitative estimate of drug-likeness (QED) is 0.285. The molecule has 0 radical (unpaired) electrons. The predicted molar refractivity (Wildman–Crippen MR) is 110 cm³/mol. The van der Waals surface area contributed by atoms with Crippen molar-refractivity contribution in [2.45, 2.75) is 33.6 Å². The fraction of sp³-hybridized carbons (Fsp3) is 0.611. The molecule has 0 bridgehead atoms. The zero-order chi connectivity index (χ0) is 16.4. The van der Waals surface area contributed by atoms with Gasteiger partial charge in [-0.1, -0.05) is 50.6 Å². The Morgan fingerprint density at radius 3 is 2.57 bits per heavy atom. The lowest BCUT2D eigenvalue weighted by atomic mass is 9.99.